The lowest BCUT2D eigenvalue weighted by molar-refractivity contribution is 0.000213. The minimum absolute atomic E-state index is 0.372. The molecule has 3 heteroatoms. The molecular formula is C16H31N3. The van der Waals surface area contributed by atoms with Crippen LogP contribution in [0.3, 0.4) is 0 Å². The van der Waals surface area contributed by atoms with Crippen molar-refractivity contribution < 1.29 is 0 Å². The quantitative estimate of drug-likeness (QED) is 0.780. The molecule has 4 aliphatic heterocycles. The Morgan fingerprint density at radius 3 is 2.32 bits per heavy atom. The van der Waals surface area contributed by atoms with Crippen molar-refractivity contribution in [2.45, 2.75) is 52.1 Å². The van der Waals surface area contributed by atoms with Gasteiger partial charge in [-0.3, -0.25) is 4.90 Å². The van der Waals surface area contributed by atoms with E-state index in [1.807, 2.05) is 0 Å². The molecule has 2 bridgehead atoms. The van der Waals surface area contributed by atoms with E-state index in [1.54, 1.807) is 0 Å². The first-order valence-corrected chi connectivity index (χ1v) is 8.24. The molecular weight excluding hydrogens is 234 g/mol. The summed E-state index contributed by atoms with van der Waals surface area (Å²) in [6.07, 6.45) is 4.19. The van der Waals surface area contributed by atoms with Crippen LogP contribution in [0.5, 0.6) is 0 Å². The molecule has 0 aromatic rings. The lowest BCUT2D eigenvalue weighted by Gasteiger charge is -2.50. The highest BCUT2D eigenvalue weighted by Crippen LogP contribution is 2.32. The maximum absolute atomic E-state index is 3.78. The van der Waals surface area contributed by atoms with Gasteiger partial charge in [-0.25, -0.2) is 0 Å². The summed E-state index contributed by atoms with van der Waals surface area (Å²) in [5, 5.41) is 3.78. The van der Waals surface area contributed by atoms with Crippen LogP contribution in [0.2, 0.25) is 0 Å². The lowest BCUT2D eigenvalue weighted by atomic mass is 9.81. The van der Waals surface area contributed by atoms with Crippen LogP contribution in [0.4, 0.5) is 0 Å². The van der Waals surface area contributed by atoms with Crippen LogP contribution in [-0.4, -0.2) is 61.2 Å². The van der Waals surface area contributed by atoms with Crippen LogP contribution in [0.1, 0.15) is 40.0 Å². The first-order chi connectivity index (χ1) is 9.04. The highest BCUT2D eigenvalue weighted by Gasteiger charge is 2.39. The van der Waals surface area contributed by atoms with Crippen LogP contribution < -0.4 is 5.32 Å². The molecule has 2 unspecified atom stereocenters. The van der Waals surface area contributed by atoms with Crippen LogP contribution in [0, 0.1) is 11.3 Å². The fourth-order valence-corrected chi connectivity index (χ4v) is 4.18. The van der Waals surface area contributed by atoms with E-state index in [-0.39, 0.29) is 0 Å². The van der Waals surface area contributed by atoms with Crippen molar-refractivity contribution in [3.05, 3.63) is 0 Å². The summed E-state index contributed by atoms with van der Waals surface area (Å²) in [7, 11) is 0. The third kappa shape index (κ3) is 2.98. The van der Waals surface area contributed by atoms with Gasteiger partial charge >= 0.3 is 0 Å². The monoisotopic (exact) mass is 265 g/mol. The minimum atomic E-state index is 0.372. The second kappa shape index (κ2) is 5.34. The average Bonchev–Trinajstić information content (AvgIpc) is 2.65. The van der Waals surface area contributed by atoms with Gasteiger partial charge in [0.25, 0.3) is 0 Å². The molecule has 4 fully saturated rings. The van der Waals surface area contributed by atoms with Gasteiger partial charge in [-0.05, 0) is 56.8 Å². The number of nitrogens with one attached hydrogen (secondary N) is 1. The van der Waals surface area contributed by atoms with Gasteiger partial charge in [0.05, 0.1) is 0 Å². The van der Waals surface area contributed by atoms with Gasteiger partial charge in [-0.1, -0.05) is 20.8 Å². The second-order valence-corrected chi connectivity index (χ2v) is 7.93. The summed E-state index contributed by atoms with van der Waals surface area (Å²) < 4.78 is 0. The Labute approximate surface area is 118 Å². The van der Waals surface area contributed by atoms with Crippen molar-refractivity contribution >= 4 is 0 Å². The highest BCUT2D eigenvalue weighted by molar-refractivity contribution is 4.95. The molecule has 0 aromatic carbocycles. The number of rotatable bonds is 1. The molecule has 2 atom stereocenters. The predicted octanol–water partition coefficient (Wildman–Crippen LogP) is 1.79. The molecule has 1 N–H and O–H groups in total. The molecule has 0 aromatic heterocycles. The van der Waals surface area contributed by atoms with Crippen molar-refractivity contribution in [2.75, 3.05) is 39.3 Å². The van der Waals surface area contributed by atoms with Gasteiger partial charge in [-0.2, -0.15) is 0 Å². The molecule has 4 aliphatic rings. The SMILES string of the molecule is CC(C)(C)C1CN(C2CN3CCC2CC3)CCCN1. The molecule has 0 aliphatic carbocycles. The number of nitrogens with zero attached hydrogens (tertiary/aromatic N) is 2. The lowest BCUT2D eigenvalue weighted by Crippen LogP contribution is -2.59. The van der Waals surface area contributed by atoms with E-state index in [0.717, 1.165) is 12.0 Å². The van der Waals surface area contributed by atoms with Crippen LogP contribution >= 0.6 is 0 Å². The molecule has 0 radical (unpaired) electrons. The van der Waals surface area contributed by atoms with Gasteiger partial charge in [-0.15, -0.1) is 0 Å². The smallest absolute Gasteiger partial charge is 0.0253 e. The zero-order valence-corrected chi connectivity index (χ0v) is 13.0. The number of hydrogen-bond donors (Lipinski definition) is 1. The Hall–Kier alpha value is -0.120. The largest absolute Gasteiger partial charge is 0.312 e. The fraction of sp³-hybridized carbons (Fsp3) is 1.00. The molecule has 4 saturated heterocycles. The Balaban J connectivity index is 1.69. The third-order valence-corrected chi connectivity index (χ3v) is 5.57. The molecule has 110 valence electrons. The molecule has 0 saturated carbocycles. The molecule has 19 heavy (non-hydrogen) atoms. The molecule has 4 heterocycles. The number of fused-ring (bicyclic) bond motifs is 3. The van der Waals surface area contributed by atoms with Crippen molar-refractivity contribution in [3.63, 3.8) is 0 Å². The van der Waals surface area contributed by atoms with E-state index in [1.165, 1.54) is 58.5 Å². The number of piperidine rings is 3. The Bertz CT molecular complexity index is 302. The summed E-state index contributed by atoms with van der Waals surface area (Å²) in [6.45, 7) is 14.9. The maximum atomic E-state index is 3.78. The maximum Gasteiger partial charge on any atom is 0.0253 e. The van der Waals surface area contributed by atoms with Crippen molar-refractivity contribution in [1.82, 2.24) is 15.1 Å². The zero-order chi connectivity index (χ0) is 13.5. The highest BCUT2D eigenvalue weighted by atomic mass is 15.3. The molecule has 0 amide bonds. The van der Waals surface area contributed by atoms with Gasteiger partial charge in [0.15, 0.2) is 0 Å². The van der Waals surface area contributed by atoms with Crippen LogP contribution in [-0.2, 0) is 0 Å². The van der Waals surface area contributed by atoms with Crippen molar-refractivity contribution in [3.8, 4) is 0 Å². The van der Waals surface area contributed by atoms with Gasteiger partial charge < -0.3 is 10.2 Å². The predicted molar refractivity (Wildman–Crippen MR) is 80.4 cm³/mol. The van der Waals surface area contributed by atoms with E-state index in [0.29, 0.717) is 11.5 Å². The normalized spacial score (nSPS) is 41.2. The molecule has 3 nitrogen and oxygen atoms in total. The number of hydrogen-bond acceptors (Lipinski definition) is 3. The standard InChI is InChI=1S/C16H31N3/c1-16(2,3)15-12-19(8-4-7-17-15)14-11-18-9-5-13(14)6-10-18/h13-15,17H,4-12H2,1-3H3. The fourth-order valence-electron chi connectivity index (χ4n) is 4.18. The topological polar surface area (TPSA) is 18.5 Å². The Morgan fingerprint density at radius 1 is 1.00 bits per heavy atom. The Kier molecular flexibility index (Phi) is 3.89. The zero-order valence-electron chi connectivity index (χ0n) is 13.0. The first kappa shape index (κ1) is 13.8. The van der Waals surface area contributed by atoms with Crippen LogP contribution in [0.25, 0.3) is 0 Å². The summed E-state index contributed by atoms with van der Waals surface area (Å²) in [6, 6.07) is 1.48. The van der Waals surface area contributed by atoms with Gasteiger partial charge in [0.1, 0.15) is 0 Å². The van der Waals surface area contributed by atoms with E-state index >= 15 is 0 Å². The first-order valence-electron chi connectivity index (χ1n) is 8.24. The van der Waals surface area contributed by atoms with E-state index in [4.69, 9.17) is 0 Å². The van der Waals surface area contributed by atoms with E-state index in [2.05, 4.69) is 35.9 Å². The van der Waals surface area contributed by atoms with E-state index in [9.17, 15) is 0 Å². The third-order valence-electron chi connectivity index (χ3n) is 5.57. The summed E-state index contributed by atoms with van der Waals surface area (Å²) >= 11 is 0. The molecule has 4 rings (SSSR count). The van der Waals surface area contributed by atoms with E-state index < -0.39 is 0 Å². The Morgan fingerprint density at radius 2 is 1.74 bits per heavy atom. The van der Waals surface area contributed by atoms with Gasteiger partial charge in [0.2, 0.25) is 0 Å². The minimum Gasteiger partial charge on any atom is -0.312 e. The molecule has 0 spiro atoms. The van der Waals surface area contributed by atoms with Crippen molar-refractivity contribution in [2.24, 2.45) is 11.3 Å². The second-order valence-electron chi connectivity index (χ2n) is 7.93. The summed E-state index contributed by atoms with van der Waals surface area (Å²) in [5.41, 5.74) is 0.372. The summed E-state index contributed by atoms with van der Waals surface area (Å²) in [5.74, 6) is 0.976. The van der Waals surface area contributed by atoms with Crippen molar-refractivity contribution in [1.29, 1.82) is 0 Å². The average molecular weight is 265 g/mol. The van der Waals surface area contributed by atoms with Crippen LogP contribution in [0.15, 0.2) is 0 Å². The van der Waals surface area contributed by atoms with Gasteiger partial charge in [0, 0.05) is 25.2 Å². The summed E-state index contributed by atoms with van der Waals surface area (Å²) in [4.78, 5) is 5.51.